The zero-order chi connectivity index (χ0) is 23.1. The molecule has 1 saturated heterocycles. The first-order valence-corrected chi connectivity index (χ1v) is 12.5. The number of ether oxygens (including phenoxy) is 1. The Bertz CT molecular complexity index is 1180. The van der Waals surface area contributed by atoms with E-state index in [-0.39, 0.29) is 22.1 Å². The van der Waals surface area contributed by atoms with E-state index in [1.807, 2.05) is 24.3 Å². The summed E-state index contributed by atoms with van der Waals surface area (Å²) >= 11 is 0. The lowest BCUT2D eigenvalue weighted by molar-refractivity contribution is -0.122. The van der Waals surface area contributed by atoms with Gasteiger partial charge in [-0.2, -0.15) is 0 Å². The van der Waals surface area contributed by atoms with Gasteiger partial charge >= 0.3 is 0 Å². The molecule has 2 aromatic carbocycles. The SMILES string of the molecule is C=C(C)c1cc(OCCN2CCC3(CC2)C(=O)Nc2ccccc23)cc(F)c1S(C)(=O)=O. The van der Waals surface area contributed by atoms with Crippen LogP contribution in [0.25, 0.3) is 5.57 Å². The predicted octanol–water partition coefficient (Wildman–Crippen LogP) is 3.63. The second-order valence-corrected chi connectivity index (χ2v) is 10.6. The molecular formula is C24H27FN2O4S. The van der Waals surface area contributed by atoms with Crippen LogP contribution >= 0.6 is 0 Å². The van der Waals surface area contributed by atoms with Gasteiger partial charge in [-0.05, 0) is 56.1 Å². The van der Waals surface area contributed by atoms with Crippen molar-refractivity contribution in [2.75, 3.05) is 37.8 Å². The number of anilines is 1. The van der Waals surface area contributed by atoms with Gasteiger partial charge in [0.2, 0.25) is 5.91 Å². The van der Waals surface area contributed by atoms with Gasteiger partial charge < -0.3 is 10.1 Å². The topological polar surface area (TPSA) is 75.7 Å². The van der Waals surface area contributed by atoms with E-state index in [1.165, 1.54) is 6.07 Å². The van der Waals surface area contributed by atoms with Crippen molar-refractivity contribution in [2.45, 2.75) is 30.1 Å². The van der Waals surface area contributed by atoms with Gasteiger partial charge in [0.15, 0.2) is 9.84 Å². The molecule has 32 heavy (non-hydrogen) atoms. The lowest BCUT2D eigenvalue weighted by Gasteiger charge is -2.37. The average Bonchev–Trinajstić information content (AvgIpc) is 2.99. The molecule has 1 amide bonds. The molecule has 0 unspecified atom stereocenters. The molecule has 1 spiro atoms. The van der Waals surface area contributed by atoms with Crippen molar-refractivity contribution in [3.63, 3.8) is 0 Å². The lowest BCUT2D eigenvalue weighted by Crippen LogP contribution is -2.47. The molecule has 2 heterocycles. The Morgan fingerprint density at radius 3 is 2.59 bits per heavy atom. The number of halogens is 1. The number of nitrogens with one attached hydrogen (secondary N) is 1. The number of carbonyl (C=O) groups is 1. The van der Waals surface area contributed by atoms with Gasteiger partial charge in [0, 0.05) is 30.1 Å². The Morgan fingerprint density at radius 2 is 1.94 bits per heavy atom. The number of likely N-dealkylation sites (tertiary alicyclic amines) is 1. The molecule has 6 nitrogen and oxygen atoms in total. The number of fused-ring (bicyclic) bond motifs is 2. The third kappa shape index (κ3) is 4.04. The number of allylic oxidation sites excluding steroid dienone is 1. The van der Waals surface area contributed by atoms with Gasteiger partial charge in [0.25, 0.3) is 0 Å². The van der Waals surface area contributed by atoms with Gasteiger partial charge in [-0.25, -0.2) is 12.8 Å². The Kier molecular flexibility index (Phi) is 5.85. The van der Waals surface area contributed by atoms with Crippen LogP contribution in [0.3, 0.4) is 0 Å². The van der Waals surface area contributed by atoms with Crippen molar-refractivity contribution in [2.24, 2.45) is 0 Å². The number of para-hydroxylation sites is 1. The summed E-state index contributed by atoms with van der Waals surface area (Å²) in [6.07, 6.45) is 2.44. The van der Waals surface area contributed by atoms with Gasteiger partial charge in [-0.3, -0.25) is 9.69 Å². The molecule has 0 atom stereocenters. The van der Waals surface area contributed by atoms with Crippen LogP contribution in [-0.2, 0) is 20.0 Å². The monoisotopic (exact) mass is 458 g/mol. The molecule has 2 aliphatic rings. The first-order chi connectivity index (χ1) is 15.1. The summed E-state index contributed by atoms with van der Waals surface area (Å²) in [5.41, 5.74) is 2.20. The van der Waals surface area contributed by atoms with Crippen LogP contribution < -0.4 is 10.1 Å². The normalized spacial score (nSPS) is 17.8. The van der Waals surface area contributed by atoms with Gasteiger partial charge in [0.05, 0.1) is 5.41 Å². The Morgan fingerprint density at radius 1 is 1.25 bits per heavy atom. The molecular weight excluding hydrogens is 431 g/mol. The molecule has 1 fully saturated rings. The van der Waals surface area contributed by atoms with Crippen molar-refractivity contribution in [1.29, 1.82) is 0 Å². The highest BCUT2D eigenvalue weighted by Crippen LogP contribution is 2.44. The molecule has 0 radical (unpaired) electrons. The fraction of sp³-hybridized carbons (Fsp3) is 0.375. The fourth-order valence-electron chi connectivity index (χ4n) is 4.67. The van der Waals surface area contributed by atoms with E-state index in [1.54, 1.807) is 6.92 Å². The fourth-order valence-corrected chi connectivity index (χ4v) is 5.71. The van der Waals surface area contributed by atoms with E-state index in [0.29, 0.717) is 18.7 Å². The number of hydrogen-bond acceptors (Lipinski definition) is 5. The molecule has 0 aliphatic carbocycles. The van der Waals surface area contributed by atoms with E-state index in [4.69, 9.17) is 4.74 Å². The zero-order valence-corrected chi connectivity index (χ0v) is 19.1. The Hall–Kier alpha value is -2.71. The largest absolute Gasteiger partial charge is 0.492 e. The summed E-state index contributed by atoms with van der Waals surface area (Å²) in [4.78, 5) is 14.6. The van der Waals surface area contributed by atoms with Crippen LogP contribution in [0.4, 0.5) is 10.1 Å². The highest BCUT2D eigenvalue weighted by Gasteiger charge is 2.48. The highest BCUT2D eigenvalue weighted by atomic mass is 32.2. The predicted molar refractivity (Wildman–Crippen MR) is 122 cm³/mol. The van der Waals surface area contributed by atoms with Crippen LogP contribution in [-0.4, -0.2) is 51.7 Å². The lowest BCUT2D eigenvalue weighted by atomic mass is 9.74. The quantitative estimate of drug-likeness (QED) is 0.716. The number of amides is 1. The summed E-state index contributed by atoms with van der Waals surface area (Å²) in [6, 6.07) is 10.5. The van der Waals surface area contributed by atoms with Crippen LogP contribution in [0, 0.1) is 5.82 Å². The van der Waals surface area contributed by atoms with E-state index >= 15 is 0 Å². The van der Waals surface area contributed by atoms with E-state index in [9.17, 15) is 17.6 Å². The second kappa shape index (κ2) is 8.33. The molecule has 4 rings (SSSR count). The number of nitrogens with zero attached hydrogens (tertiary/aromatic N) is 1. The maximum absolute atomic E-state index is 14.5. The summed E-state index contributed by atoms with van der Waals surface area (Å²) in [5, 5.41) is 3.00. The maximum atomic E-state index is 14.5. The van der Waals surface area contributed by atoms with Crippen molar-refractivity contribution < 1.29 is 22.3 Å². The average molecular weight is 459 g/mol. The molecule has 0 saturated carbocycles. The summed E-state index contributed by atoms with van der Waals surface area (Å²) in [7, 11) is -3.73. The van der Waals surface area contributed by atoms with Crippen molar-refractivity contribution >= 4 is 27.0 Å². The number of benzene rings is 2. The zero-order valence-electron chi connectivity index (χ0n) is 18.3. The van der Waals surface area contributed by atoms with Gasteiger partial charge in [-0.1, -0.05) is 24.8 Å². The standard InChI is InChI=1S/C24H27FN2O4S/c1-16(2)18-14-17(15-20(25)22(18)32(3,29)30)31-13-12-27-10-8-24(9-11-27)19-6-4-5-7-21(19)26-23(24)28/h4-7,14-15H,1,8-13H2,2-3H3,(H,26,28). The van der Waals surface area contributed by atoms with Gasteiger partial charge in [0.1, 0.15) is 23.1 Å². The van der Waals surface area contributed by atoms with Crippen molar-refractivity contribution in [3.05, 3.63) is 59.9 Å². The third-order valence-corrected chi connectivity index (χ3v) is 7.52. The maximum Gasteiger partial charge on any atom is 0.235 e. The summed E-state index contributed by atoms with van der Waals surface area (Å²) in [5.74, 6) is -0.498. The molecule has 170 valence electrons. The highest BCUT2D eigenvalue weighted by molar-refractivity contribution is 7.90. The molecule has 2 aliphatic heterocycles. The minimum Gasteiger partial charge on any atom is -0.492 e. The molecule has 2 aromatic rings. The molecule has 8 heteroatoms. The smallest absolute Gasteiger partial charge is 0.235 e. The number of hydrogen-bond donors (Lipinski definition) is 1. The van der Waals surface area contributed by atoms with Crippen molar-refractivity contribution in [3.8, 4) is 5.75 Å². The third-order valence-electron chi connectivity index (χ3n) is 6.36. The molecule has 0 aromatic heterocycles. The minimum absolute atomic E-state index is 0.0726. The van der Waals surface area contributed by atoms with Crippen LogP contribution in [0.2, 0.25) is 0 Å². The number of carbonyl (C=O) groups excluding carboxylic acids is 1. The second-order valence-electron chi connectivity index (χ2n) is 8.61. The number of piperidine rings is 1. The van der Waals surface area contributed by atoms with Crippen LogP contribution in [0.15, 0.2) is 47.9 Å². The molecule has 0 bridgehead atoms. The summed E-state index contributed by atoms with van der Waals surface area (Å²) < 4.78 is 44.2. The Balaban J connectivity index is 1.39. The van der Waals surface area contributed by atoms with Crippen LogP contribution in [0.1, 0.15) is 30.9 Å². The number of rotatable bonds is 6. The summed E-state index contributed by atoms with van der Waals surface area (Å²) in [6.45, 7) is 7.85. The van der Waals surface area contributed by atoms with Crippen LogP contribution in [0.5, 0.6) is 5.75 Å². The van der Waals surface area contributed by atoms with E-state index < -0.39 is 21.1 Å². The van der Waals surface area contributed by atoms with E-state index in [0.717, 1.165) is 49.5 Å². The Labute approximate surface area is 188 Å². The van der Waals surface area contributed by atoms with Crippen molar-refractivity contribution in [1.82, 2.24) is 4.90 Å². The first kappa shape index (κ1) is 22.5. The number of sulfone groups is 1. The molecule has 1 N–H and O–H groups in total. The van der Waals surface area contributed by atoms with Gasteiger partial charge in [-0.15, -0.1) is 0 Å². The van der Waals surface area contributed by atoms with E-state index in [2.05, 4.69) is 16.8 Å². The minimum atomic E-state index is -3.73. The first-order valence-electron chi connectivity index (χ1n) is 10.6.